The largest absolute Gasteiger partial charge is 0.463 e. The average molecular weight is 383 g/mol. The summed E-state index contributed by atoms with van der Waals surface area (Å²) < 4.78 is 10.8. The van der Waals surface area contributed by atoms with Crippen LogP contribution in [-0.2, 0) is 20.7 Å². The number of halogens is 2. The molecule has 1 aliphatic heterocycles. The smallest absolute Gasteiger partial charge is 0.302 e. The summed E-state index contributed by atoms with van der Waals surface area (Å²) >= 11 is 11.9. The zero-order valence-electron chi connectivity index (χ0n) is 13.4. The van der Waals surface area contributed by atoms with Crippen molar-refractivity contribution in [2.24, 2.45) is 0 Å². The number of ether oxygens (including phenoxy) is 2. The summed E-state index contributed by atoms with van der Waals surface area (Å²) in [5, 5.41) is 13.5. The van der Waals surface area contributed by atoms with E-state index in [4.69, 9.17) is 32.7 Å². The monoisotopic (exact) mass is 382 g/mol. The van der Waals surface area contributed by atoms with Crippen molar-refractivity contribution in [3.05, 3.63) is 51.8 Å². The van der Waals surface area contributed by atoms with Crippen molar-refractivity contribution < 1.29 is 14.3 Å². The molecule has 7 nitrogen and oxygen atoms in total. The molecule has 0 radical (unpaired) electrons. The fraction of sp³-hybridized carbons (Fsp3) is 0.375. The Morgan fingerprint density at radius 3 is 3.00 bits per heavy atom. The SMILES string of the molecule is CC(=O)OCC1C=CCC(n2nnc(Cc3ccc(Cl)c(Cl)c3)n2)O1. The van der Waals surface area contributed by atoms with Crippen LogP contribution >= 0.6 is 23.2 Å². The van der Waals surface area contributed by atoms with Crippen LogP contribution in [0.4, 0.5) is 0 Å². The fourth-order valence-corrected chi connectivity index (χ4v) is 2.69. The third-order valence-electron chi connectivity index (χ3n) is 3.54. The van der Waals surface area contributed by atoms with E-state index in [-0.39, 0.29) is 24.9 Å². The van der Waals surface area contributed by atoms with Gasteiger partial charge in [0, 0.05) is 19.8 Å². The highest BCUT2D eigenvalue weighted by Crippen LogP contribution is 2.24. The van der Waals surface area contributed by atoms with Crippen molar-refractivity contribution in [3.63, 3.8) is 0 Å². The second-order valence-corrected chi connectivity index (χ2v) is 6.36. The van der Waals surface area contributed by atoms with Crippen molar-refractivity contribution in [3.8, 4) is 0 Å². The lowest BCUT2D eigenvalue weighted by atomic mass is 10.1. The van der Waals surface area contributed by atoms with Crippen LogP contribution in [0.15, 0.2) is 30.4 Å². The first kappa shape index (κ1) is 17.8. The van der Waals surface area contributed by atoms with Crippen molar-refractivity contribution >= 4 is 29.2 Å². The maximum absolute atomic E-state index is 10.9. The number of hydrogen-bond acceptors (Lipinski definition) is 6. The van der Waals surface area contributed by atoms with Gasteiger partial charge in [-0.25, -0.2) is 0 Å². The van der Waals surface area contributed by atoms with Crippen LogP contribution in [0.3, 0.4) is 0 Å². The molecule has 9 heteroatoms. The molecule has 1 aliphatic rings. The summed E-state index contributed by atoms with van der Waals surface area (Å²) in [4.78, 5) is 12.3. The summed E-state index contributed by atoms with van der Waals surface area (Å²) in [7, 11) is 0. The van der Waals surface area contributed by atoms with Crippen LogP contribution in [0.25, 0.3) is 0 Å². The lowest BCUT2D eigenvalue weighted by molar-refractivity contribution is -0.148. The Balaban J connectivity index is 1.63. The van der Waals surface area contributed by atoms with Crippen LogP contribution in [-0.4, -0.2) is 38.9 Å². The zero-order chi connectivity index (χ0) is 17.8. The zero-order valence-corrected chi connectivity index (χ0v) is 14.9. The predicted octanol–water partition coefficient (Wildman–Crippen LogP) is 2.98. The standard InChI is InChI=1S/C16H16Cl2N4O3/c1-10(23)24-9-12-3-2-4-16(25-12)22-20-15(19-21-22)8-11-5-6-13(17)14(18)7-11/h2-3,5-7,12,16H,4,8-9H2,1H3. The molecule has 2 atom stereocenters. The van der Waals surface area contributed by atoms with Gasteiger partial charge in [-0.1, -0.05) is 41.4 Å². The number of tetrazole rings is 1. The Bertz CT molecular complexity index is 793. The van der Waals surface area contributed by atoms with Crippen molar-refractivity contribution in [2.45, 2.75) is 32.1 Å². The van der Waals surface area contributed by atoms with Gasteiger partial charge in [-0.2, -0.15) is 0 Å². The summed E-state index contributed by atoms with van der Waals surface area (Å²) in [6.07, 6.45) is 4.18. The van der Waals surface area contributed by atoms with Crippen molar-refractivity contribution in [1.29, 1.82) is 0 Å². The highest BCUT2D eigenvalue weighted by Gasteiger charge is 2.23. The maximum atomic E-state index is 10.9. The van der Waals surface area contributed by atoms with Gasteiger partial charge in [0.15, 0.2) is 12.1 Å². The predicted molar refractivity (Wildman–Crippen MR) is 91.4 cm³/mol. The topological polar surface area (TPSA) is 79.1 Å². The molecule has 0 N–H and O–H groups in total. The molecule has 0 saturated carbocycles. The molecule has 1 aromatic carbocycles. The number of hydrogen-bond donors (Lipinski definition) is 0. The minimum absolute atomic E-state index is 0.160. The molecule has 0 fully saturated rings. The van der Waals surface area contributed by atoms with Gasteiger partial charge < -0.3 is 9.47 Å². The molecule has 132 valence electrons. The summed E-state index contributed by atoms with van der Waals surface area (Å²) in [5.41, 5.74) is 0.936. The molecule has 2 aromatic rings. The van der Waals surface area contributed by atoms with E-state index in [1.807, 2.05) is 18.2 Å². The van der Waals surface area contributed by atoms with E-state index < -0.39 is 0 Å². The number of benzene rings is 1. The lowest BCUT2D eigenvalue weighted by Gasteiger charge is -2.24. The third-order valence-corrected chi connectivity index (χ3v) is 4.28. The molecular weight excluding hydrogens is 367 g/mol. The highest BCUT2D eigenvalue weighted by atomic mass is 35.5. The van der Waals surface area contributed by atoms with E-state index in [0.29, 0.717) is 28.7 Å². The minimum Gasteiger partial charge on any atom is -0.463 e. The molecule has 25 heavy (non-hydrogen) atoms. The lowest BCUT2D eigenvalue weighted by Crippen LogP contribution is -2.28. The number of carbonyl (C=O) groups is 1. The molecule has 0 spiro atoms. The molecule has 2 heterocycles. The Hall–Kier alpha value is -1.96. The number of rotatable bonds is 5. The van der Waals surface area contributed by atoms with Crippen molar-refractivity contribution in [2.75, 3.05) is 6.61 Å². The van der Waals surface area contributed by atoms with E-state index in [0.717, 1.165) is 5.56 Å². The summed E-state index contributed by atoms with van der Waals surface area (Å²) in [6.45, 7) is 1.52. The number of carbonyl (C=O) groups excluding carboxylic acids is 1. The third kappa shape index (κ3) is 4.78. The molecule has 2 unspecified atom stereocenters. The second-order valence-electron chi connectivity index (χ2n) is 5.55. The number of esters is 1. The summed E-state index contributed by atoms with van der Waals surface area (Å²) in [6, 6.07) is 5.38. The molecule has 3 rings (SSSR count). The number of nitrogens with zero attached hydrogens (tertiary/aromatic N) is 4. The van der Waals surface area contributed by atoms with Gasteiger partial charge in [0.2, 0.25) is 0 Å². The first-order valence-electron chi connectivity index (χ1n) is 7.69. The van der Waals surface area contributed by atoms with Gasteiger partial charge in [-0.3, -0.25) is 4.79 Å². The average Bonchev–Trinajstić information content (AvgIpc) is 3.05. The summed E-state index contributed by atoms with van der Waals surface area (Å²) in [5.74, 6) is 0.204. The van der Waals surface area contributed by atoms with Gasteiger partial charge in [0.25, 0.3) is 0 Å². The quantitative estimate of drug-likeness (QED) is 0.584. The van der Waals surface area contributed by atoms with Gasteiger partial charge in [-0.05, 0) is 22.9 Å². The first-order valence-corrected chi connectivity index (χ1v) is 8.44. The van der Waals surface area contributed by atoms with E-state index in [2.05, 4.69) is 15.4 Å². The Morgan fingerprint density at radius 2 is 2.24 bits per heavy atom. The van der Waals surface area contributed by atoms with Gasteiger partial charge in [0.05, 0.1) is 10.0 Å². The Labute approximate surface area is 154 Å². The van der Waals surface area contributed by atoms with Gasteiger partial charge >= 0.3 is 5.97 Å². The molecule has 0 saturated heterocycles. The maximum Gasteiger partial charge on any atom is 0.302 e. The normalized spacial score (nSPS) is 19.8. The van der Waals surface area contributed by atoms with Gasteiger partial charge in [0.1, 0.15) is 12.7 Å². The van der Waals surface area contributed by atoms with Crippen LogP contribution < -0.4 is 0 Å². The van der Waals surface area contributed by atoms with E-state index >= 15 is 0 Å². The highest BCUT2D eigenvalue weighted by molar-refractivity contribution is 6.42. The Morgan fingerprint density at radius 1 is 1.40 bits per heavy atom. The Kier molecular flexibility index (Phi) is 5.67. The van der Waals surface area contributed by atoms with Gasteiger partial charge in [-0.15, -0.1) is 15.0 Å². The van der Waals surface area contributed by atoms with E-state index in [1.54, 1.807) is 12.1 Å². The first-order chi connectivity index (χ1) is 12.0. The number of aromatic nitrogens is 4. The molecule has 0 amide bonds. The minimum atomic E-state index is -0.388. The molecular formula is C16H16Cl2N4O3. The van der Waals surface area contributed by atoms with Crippen LogP contribution in [0, 0.1) is 0 Å². The van der Waals surface area contributed by atoms with Crippen LogP contribution in [0.5, 0.6) is 0 Å². The fourth-order valence-electron chi connectivity index (χ4n) is 2.37. The van der Waals surface area contributed by atoms with Crippen LogP contribution in [0.1, 0.15) is 31.0 Å². The van der Waals surface area contributed by atoms with E-state index in [9.17, 15) is 4.79 Å². The van der Waals surface area contributed by atoms with E-state index in [1.165, 1.54) is 11.7 Å². The van der Waals surface area contributed by atoms with Crippen LogP contribution in [0.2, 0.25) is 10.0 Å². The molecule has 1 aromatic heterocycles. The second kappa shape index (κ2) is 7.95. The molecule has 0 bridgehead atoms. The molecule has 0 aliphatic carbocycles. The van der Waals surface area contributed by atoms with Crippen molar-refractivity contribution in [1.82, 2.24) is 20.2 Å².